The van der Waals surface area contributed by atoms with E-state index in [0.717, 1.165) is 25.0 Å². The highest BCUT2D eigenvalue weighted by atomic mass is 19.4. The monoisotopic (exact) mass is 278 g/mol. The minimum absolute atomic E-state index is 0.215. The van der Waals surface area contributed by atoms with E-state index >= 15 is 0 Å². The lowest BCUT2D eigenvalue weighted by Gasteiger charge is -2.10. The van der Waals surface area contributed by atoms with Crippen LogP contribution in [0.5, 0.6) is 0 Å². The molecule has 0 bridgehead atoms. The summed E-state index contributed by atoms with van der Waals surface area (Å²) in [5.74, 6) is -0.240. The molecule has 6 heteroatoms. The molecule has 0 saturated heterocycles. The fourth-order valence-electron chi connectivity index (χ4n) is 2.65. The zero-order valence-corrected chi connectivity index (χ0v) is 10.2. The average molecular weight is 278 g/mol. The summed E-state index contributed by atoms with van der Waals surface area (Å²) < 4.78 is 40.2. The van der Waals surface area contributed by atoms with Gasteiger partial charge in [-0.05, 0) is 31.0 Å². The normalized spacial score (nSPS) is 17.2. The van der Waals surface area contributed by atoms with Crippen molar-refractivity contribution in [2.75, 3.05) is 0 Å². The van der Waals surface area contributed by atoms with Gasteiger partial charge in [-0.1, -0.05) is 0 Å². The van der Waals surface area contributed by atoms with Gasteiger partial charge in [-0.3, -0.25) is 9.48 Å². The van der Waals surface area contributed by atoms with Gasteiger partial charge in [0.25, 0.3) is 0 Å². The van der Waals surface area contributed by atoms with Crippen LogP contribution in [0.3, 0.4) is 0 Å². The smallest absolute Gasteiger partial charge is 0.288 e. The largest absolute Gasteiger partial charge is 0.416 e. The Balaban J connectivity index is 1.95. The summed E-state index contributed by atoms with van der Waals surface area (Å²) in [6.07, 6.45) is -1.04. The average Bonchev–Trinajstić information content (AvgIpc) is 3.08. The Kier molecular flexibility index (Phi) is 2.05. The molecular formula is C14H9F3N2O. The molecule has 0 N–H and O–H groups in total. The first-order valence-electron chi connectivity index (χ1n) is 6.30. The molecule has 0 amide bonds. The lowest BCUT2D eigenvalue weighted by Crippen LogP contribution is -2.06. The summed E-state index contributed by atoms with van der Waals surface area (Å²) in [6.45, 7) is 0. The van der Waals surface area contributed by atoms with E-state index < -0.39 is 11.7 Å². The van der Waals surface area contributed by atoms with E-state index in [1.54, 1.807) is 4.68 Å². The molecule has 0 aliphatic heterocycles. The maximum Gasteiger partial charge on any atom is 0.416 e. The van der Waals surface area contributed by atoms with Crippen LogP contribution in [0.1, 0.15) is 40.4 Å². The van der Waals surface area contributed by atoms with Crippen LogP contribution >= 0.6 is 0 Å². The predicted molar refractivity (Wildman–Crippen MR) is 64.4 cm³/mol. The lowest BCUT2D eigenvalue weighted by atomic mass is 10.0. The number of benzene rings is 1. The Hall–Kier alpha value is -2.11. The molecule has 2 aliphatic rings. The van der Waals surface area contributed by atoms with Crippen molar-refractivity contribution in [1.82, 2.24) is 9.78 Å². The fourth-order valence-corrected chi connectivity index (χ4v) is 2.65. The summed E-state index contributed by atoms with van der Waals surface area (Å²) in [6, 6.07) is 3.49. The number of alkyl halides is 3. The van der Waals surface area contributed by atoms with Crippen molar-refractivity contribution in [3.05, 3.63) is 41.1 Å². The van der Waals surface area contributed by atoms with Crippen molar-refractivity contribution in [2.24, 2.45) is 0 Å². The maximum atomic E-state index is 12.8. The molecule has 20 heavy (non-hydrogen) atoms. The van der Waals surface area contributed by atoms with Crippen molar-refractivity contribution >= 4 is 5.78 Å². The van der Waals surface area contributed by atoms with Crippen LogP contribution in [0.15, 0.2) is 24.4 Å². The molecular weight excluding hydrogens is 269 g/mol. The molecule has 2 aromatic rings. The minimum Gasteiger partial charge on any atom is -0.288 e. The number of ketones is 1. The van der Waals surface area contributed by atoms with Crippen molar-refractivity contribution < 1.29 is 18.0 Å². The third kappa shape index (κ3) is 1.47. The summed E-state index contributed by atoms with van der Waals surface area (Å²) in [4.78, 5) is 12.2. The second kappa shape index (κ2) is 3.50. The number of carbonyl (C=O) groups excluding carboxylic acids is 1. The topological polar surface area (TPSA) is 34.9 Å². The molecule has 0 spiro atoms. The summed E-state index contributed by atoms with van der Waals surface area (Å²) in [7, 11) is 0. The van der Waals surface area contributed by atoms with Gasteiger partial charge in [0, 0.05) is 11.1 Å². The zero-order chi connectivity index (χ0) is 14.1. The molecule has 1 heterocycles. The van der Waals surface area contributed by atoms with Crippen LogP contribution in [-0.4, -0.2) is 15.6 Å². The highest BCUT2D eigenvalue weighted by molar-refractivity contribution is 6.21. The molecule has 1 aromatic heterocycles. The van der Waals surface area contributed by atoms with Gasteiger partial charge in [-0.25, -0.2) is 0 Å². The Morgan fingerprint density at radius 2 is 1.90 bits per heavy atom. The summed E-state index contributed by atoms with van der Waals surface area (Å²) in [5, 5.41) is 4.16. The Labute approximate surface area is 112 Å². The third-order valence-electron chi connectivity index (χ3n) is 3.78. The molecule has 3 nitrogen and oxygen atoms in total. The first kappa shape index (κ1) is 11.7. The molecule has 1 saturated carbocycles. The molecule has 102 valence electrons. The first-order valence-corrected chi connectivity index (χ1v) is 6.30. The van der Waals surface area contributed by atoms with Crippen LogP contribution < -0.4 is 0 Å². The van der Waals surface area contributed by atoms with Crippen LogP contribution in [0.2, 0.25) is 0 Å². The van der Waals surface area contributed by atoms with Gasteiger partial charge in [-0.2, -0.15) is 18.3 Å². The highest BCUT2D eigenvalue weighted by Gasteiger charge is 2.38. The van der Waals surface area contributed by atoms with Gasteiger partial charge in [0.1, 0.15) is 0 Å². The minimum atomic E-state index is -4.41. The third-order valence-corrected chi connectivity index (χ3v) is 3.78. The molecule has 1 aromatic carbocycles. The van der Waals surface area contributed by atoms with Crippen molar-refractivity contribution in [3.8, 4) is 11.3 Å². The number of carbonyl (C=O) groups is 1. The standard InChI is InChI=1S/C14H9F3N2O/c15-14(16,17)7-1-4-9-10(5-7)12-11(13(9)20)6-18-19(12)8-2-3-8/h1,4-6,8H,2-3H2. The number of hydrogen-bond acceptors (Lipinski definition) is 2. The highest BCUT2D eigenvalue weighted by Crippen LogP contribution is 2.45. The Morgan fingerprint density at radius 1 is 1.15 bits per heavy atom. The second-order valence-electron chi connectivity index (χ2n) is 5.17. The molecule has 0 unspecified atom stereocenters. The zero-order valence-electron chi connectivity index (χ0n) is 10.2. The van der Waals surface area contributed by atoms with Gasteiger partial charge in [-0.15, -0.1) is 0 Å². The quantitative estimate of drug-likeness (QED) is 0.683. The Morgan fingerprint density at radius 3 is 2.55 bits per heavy atom. The molecule has 1 fully saturated rings. The van der Waals surface area contributed by atoms with Gasteiger partial charge in [0.2, 0.25) is 0 Å². The number of fused-ring (bicyclic) bond motifs is 3. The predicted octanol–water partition coefficient (Wildman–Crippen LogP) is 3.45. The van der Waals surface area contributed by atoms with E-state index in [0.29, 0.717) is 22.4 Å². The molecule has 4 rings (SSSR count). The maximum absolute atomic E-state index is 12.8. The molecule has 0 atom stereocenters. The summed E-state index contributed by atoms with van der Waals surface area (Å²) >= 11 is 0. The summed E-state index contributed by atoms with van der Waals surface area (Å²) in [5.41, 5.74) is 0.897. The second-order valence-corrected chi connectivity index (χ2v) is 5.17. The van der Waals surface area contributed by atoms with Gasteiger partial charge in [0.05, 0.1) is 29.1 Å². The fraction of sp³-hybridized carbons (Fsp3) is 0.286. The van der Waals surface area contributed by atoms with Crippen LogP contribution in [0.25, 0.3) is 11.3 Å². The van der Waals surface area contributed by atoms with Crippen molar-refractivity contribution in [3.63, 3.8) is 0 Å². The van der Waals surface area contributed by atoms with Gasteiger partial charge >= 0.3 is 6.18 Å². The number of nitrogens with zero attached hydrogens (tertiary/aromatic N) is 2. The number of hydrogen-bond donors (Lipinski definition) is 0. The number of halogens is 3. The number of aromatic nitrogens is 2. The SMILES string of the molecule is O=C1c2ccc(C(F)(F)F)cc2-c2c1cnn2C1CC1. The van der Waals surface area contributed by atoms with E-state index in [9.17, 15) is 18.0 Å². The lowest BCUT2D eigenvalue weighted by molar-refractivity contribution is -0.137. The van der Waals surface area contributed by atoms with Crippen LogP contribution in [0, 0.1) is 0 Å². The van der Waals surface area contributed by atoms with E-state index in [4.69, 9.17) is 0 Å². The van der Waals surface area contributed by atoms with Gasteiger partial charge in [0.15, 0.2) is 5.78 Å². The van der Waals surface area contributed by atoms with E-state index in [-0.39, 0.29) is 11.8 Å². The van der Waals surface area contributed by atoms with Crippen molar-refractivity contribution in [1.29, 1.82) is 0 Å². The van der Waals surface area contributed by atoms with E-state index in [1.807, 2.05) is 0 Å². The van der Waals surface area contributed by atoms with Crippen molar-refractivity contribution in [2.45, 2.75) is 25.1 Å². The Bertz CT molecular complexity index is 741. The number of rotatable bonds is 1. The van der Waals surface area contributed by atoms with E-state index in [1.165, 1.54) is 12.3 Å². The van der Waals surface area contributed by atoms with E-state index in [2.05, 4.69) is 5.10 Å². The molecule has 2 aliphatic carbocycles. The molecule has 0 radical (unpaired) electrons. The van der Waals surface area contributed by atoms with Crippen LogP contribution in [0.4, 0.5) is 13.2 Å². The van der Waals surface area contributed by atoms with Gasteiger partial charge < -0.3 is 0 Å². The van der Waals surface area contributed by atoms with Crippen LogP contribution in [-0.2, 0) is 6.18 Å². The first-order chi connectivity index (χ1) is 9.47.